The summed E-state index contributed by atoms with van der Waals surface area (Å²) in [6, 6.07) is 14.3. The van der Waals surface area contributed by atoms with E-state index in [1.54, 1.807) is 0 Å². The number of carbonyl (C=O) groups excluding carboxylic acids is 1. The van der Waals surface area contributed by atoms with Crippen molar-refractivity contribution in [2.24, 2.45) is 0 Å². The molecule has 0 spiro atoms. The predicted molar refractivity (Wildman–Crippen MR) is 103 cm³/mol. The highest BCUT2D eigenvalue weighted by Crippen LogP contribution is 2.29. The number of aromatic amines is 1. The molecule has 1 aromatic heterocycles. The number of nitrogens with zero attached hydrogens (tertiary/aromatic N) is 1. The van der Waals surface area contributed by atoms with Crippen molar-refractivity contribution in [2.45, 2.75) is 20.3 Å². The summed E-state index contributed by atoms with van der Waals surface area (Å²) in [5, 5.41) is 1.25. The van der Waals surface area contributed by atoms with Crippen molar-refractivity contribution >= 4 is 22.4 Å². The van der Waals surface area contributed by atoms with Crippen LogP contribution in [0.15, 0.2) is 54.7 Å². The second-order valence-corrected chi connectivity index (χ2v) is 6.78. The Morgan fingerprint density at radius 3 is 2.68 bits per heavy atom. The molecule has 0 atom stereocenters. The van der Waals surface area contributed by atoms with Crippen molar-refractivity contribution in [3.63, 3.8) is 0 Å². The van der Waals surface area contributed by atoms with Gasteiger partial charge in [0.05, 0.1) is 0 Å². The molecule has 3 aromatic rings. The van der Waals surface area contributed by atoms with Gasteiger partial charge >= 0.3 is 0 Å². The Labute approximate surface area is 148 Å². The van der Waals surface area contributed by atoms with Crippen LogP contribution in [-0.2, 0) is 0 Å². The van der Waals surface area contributed by atoms with Crippen molar-refractivity contribution in [3.8, 4) is 0 Å². The molecule has 2 heterocycles. The highest BCUT2D eigenvalue weighted by Gasteiger charge is 2.20. The fourth-order valence-corrected chi connectivity index (χ4v) is 3.49. The SMILES string of the molecule is Cc1ccc(C(=O)N2CC=C(c3c[nH]c4ccccc34)CC2)cc1C. The third-order valence-corrected chi connectivity index (χ3v) is 5.19. The van der Waals surface area contributed by atoms with Crippen molar-refractivity contribution in [1.29, 1.82) is 0 Å². The van der Waals surface area contributed by atoms with E-state index in [0.717, 1.165) is 29.6 Å². The van der Waals surface area contributed by atoms with Crippen LogP contribution in [0.4, 0.5) is 0 Å². The molecule has 4 rings (SSSR count). The van der Waals surface area contributed by atoms with Gasteiger partial charge in [0.25, 0.3) is 5.91 Å². The Bertz CT molecular complexity index is 981. The molecule has 0 fully saturated rings. The maximum absolute atomic E-state index is 12.8. The fourth-order valence-electron chi connectivity index (χ4n) is 3.49. The maximum Gasteiger partial charge on any atom is 0.254 e. The maximum atomic E-state index is 12.8. The lowest BCUT2D eigenvalue weighted by Gasteiger charge is -2.27. The second kappa shape index (κ2) is 6.25. The Balaban J connectivity index is 1.55. The number of nitrogens with one attached hydrogen (secondary N) is 1. The molecule has 1 aliphatic heterocycles. The molecule has 126 valence electrons. The molecule has 25 heavy (non-hydrogen) atoms. The first-order valence-electron chi connectivity index (χ1n) is 8.75. The van der Waals surface area contributed by atoms with Crippen LogP contribution in [0, 0.1) is 13.8 Å². The van der Waals surface area contributed by atoms with E-state index in [1.165, 1.54) is 22.1 Å². The molecule has 0 saturated carbocycles. The molecule has 0 radical (unpaired) electrons. The van der Waals surface area contributed by atoms with Gasteiger partial charge in [-0.1, -0.05) is 30.3 Å². The number of fused-ring (bicyclic) bond motifs is 1. The number of para-hydroxylation sites is 1. The fraction of sp³-hybridized carbons (Fsp3) is 0.227. The van der Waals surface area contributed by atoms with E-state index >= 15 is 0 Å². The van der Waals surface area contributed by atoms with Gasteiger partial charge in [-0.25, -0.2) is 0 Å². The number of amides is 1. The van der Waals surface area contributed by atoms with Gasteiger partial charge in [-0.3, -0.25) is 4.79 Å². The average molecular weight is 330 g/mol. The number of benzene rings is 2. The van der Waals surface area contributed by atoms with E-state index in [2.05, 4.69) is 49.3 Å². The Kier molecular flexibility index (Phi) is 3.92. The van der Waals surface area contributed by atoms with Crippen LogP contribution < -0.4 is 0 Å². The van der Waals surface area contributed by atoms with E-state index in [4.69, 9.17) is 0 Å². The van der Waals surface area contributed by atoms with Crippen molar-refractivity contribution in [3.05, 3.63) is 77.0 Å². The van der Waals surface area contributed by atoms with Gasteiger partial charge in [0.1, 0.15) is 0 Å². The monoisotopic (exact) mass is 330 g/mol. The number of H-pyrrole nitrogens is 1. The number of aryl methyl sites for hydroxylation is 2. The topological polar surface area (TPSA) is 36.1 Å². The van der Waals surface area contributed by atoms with E-state index in [0.29, 0.717) is 6.54 Å². The molecule has 1 aliphatic rings. The molecule has 0 unspecified atom stereocenters. The van der Waals surface area contributed by atoms with Crippen LogP contribution >= 0.6 is 0 Å². The summed E-state index contributed by atoms with van der Waals surface area (Å²) in [5.74, 6) is 0.123. The zero-order valence-electron chi connectivity index (χ0n) is 14.7. The summed E-state index contributed by atoms with van der Waals surface area (Å²) in [6.45, 7) is 5.55. The van der Waals surface area contributed by atoms with Crippen molar-refractivity contribution < 1.29 is 4.79 Å². The zero-order valence-corrected chi connectivity index (χ0v) is 14.7. The Morgan fingerprint density at radius 1 is 1.08 bits per heavy atom. The molecule has 2 aromatic carbocycles. The van der Waals surface area contributed by atoms with Gasteiger partial charge in [-0.05, 0) is 55.2 Å². The third-order valence-electron chi connectivity index (χ3n) is 5.19. The molecule has 3 nitrogen and oxygen atoms in total. The number of hydrogen-bond donors (Lipinski definition) is 1. The third kappa shape index (κ3) is 2.86. The van der Waals surface area contributed by atoms with Gasteiger partial charge in [0, 0.05) is 41.3 Å². The highest BCUT2D eigenvalue weighted by molar-refractivity contribution is 5.96. The smallest absolute Gasteiger partial charge is 0.254 e. The summed E-state index contributed by atoms with van der Waals surface area (Å²) in [5.41, 5.74) is 6.91. The normalized spacial score (nSPS) is 14.6. The molecular formula is C22H22N2O. The molecule has 1 N–H and O–H groups in total. The van der Waals surface area contributed by atoms with E-state index < -0.39 is 0 Å². The number of carbonyl (C=O) groups is 1. The first kappa shape index (κ1) is 15.7. The summed E-state index contributed by atoms with van der Waals surface area (Å²) in [4.78, 5) is 18.0. The highest BCUT2D eigenvalue weighted by atomic mass is 16.2. The van der Waals surface area contributed by atoms with Crippen LogP contribution in [-0.4, -0.2) is 28.9 Å². The second-order valence-electron chi connectivity index (χ2n) is 6.78. The van der Waals surface area contributed by atoms with Crippen molar-refractivity contribution in [2.75, 3.05) is 13.1 Å². The van der Waals surface area contributed by atoms with Crippen LogP contribution in [0.2, 0.25) is 0 Å². The van der Waals surface area contributed by atoms with E-state index in [9.17, 15) is 4.79 Å². The average Bonchev–Trinajstić information content (AvgIpc) is 3.08. The van der Waals surface area contributed by atoms with E-state index in [1.807, 2.05) is 29.2 Å². The minimum Gasteiger partial charge on any atom is -0.361 e. The minimum atomic E-state index is 0.123. The van der Waals surface area contributed by atoms with Gasteiger partial charge in [-0.15, -0.1) is 0 Å². The lowest BCUT2D eigenvalue weighted by atomic mass is 9.98. The zero-order chi connectivity index (χ0) is 17.4. The van der Waals surface area contributed by atoms with Crippen molar-refractivity contribution in [1.82, 2.24) is 9.88 Å². The first-order chi connectivity index (χ1) is 12.1. The van der Waals surface area contributed by atoms with Gasteiger partial charge in [0.2, 0.25) is 0 Å². The van der Waals surface area contributed by atoms with Gasteiger partial charge < -0.3 is 9.88 Å². The molecule has 0 aliphatic carbocycles. The Morgan fingerprint density at radius 2 is 1.92 bits per heavy atom. The van der Waals surface area contributed by atoms with Gasteiger partial charge in [0.15, 0.2) is 0 Å². The van der Waals surface area contributed by atoms with Gasteiger partial charge in [-0.2, -0.15) is 0 Å². The number of hydrogen-bond acceptors (Lipinski definition) is 1. The number of aromatic nitrogens is 1. The lowest BCUT2D eigenvalue weighted by Crippen LogP contribution is -2.34. The van der Waals surface area contributed by atoms with Crippen LogP contribution in [0.25, 0.3) is 16.5 Å². The predicted octanol–water partition coefficient (Wildman–Crippen LogP) is 4.71. The van der Waals surface area contributed by atoms with Crippen LogP contribution in [0.1, 0.15) is 33.5 Å². The van der Waals surface area contributed by atoms with Crippen LogP contribution in [0.3, 0.4) is 0 Å². The lowest BCUT2D eigenvalue weighted by molar-refractivity contribution is 0.0773. The molecule has 0 saturated heterocycles. The standard InChI is InChI=1S/C22H22N2O/c1-15-7-8-18(13-16(15)2)22(25)24-11-9-17(10-12-24)20-14-23-21-6-4-3-5-19(20)21/h3-9,13-14,23H,10-12H2,1-2H3. The van der Waals surface area contributed by atoms with Crippen LogP contribution in [0.5, 0.6) is 0 Å². The molecule has 1 amide bonds. The number of rotatable bonds is 2. The summed E-state index contributed by atoms with van der Waals surface area (Å²) in [6.07, 6.45) is 5.16. The largest absolute Gasteiger partial charge is 0.361 e. The minimum absolute atomic E-state index is 0.123. The molecular weight excluding hydrogens is 308 g/mol. The van der Waals surface area contributed by atoms with E-state index in [-0.39, 0.29) is 5.91 Å². The Hall–Kier alpha value is -2.81. The summed E-state index contributed by atoms with van der Waals surface area (Å²) >= 11 is 0. The summed E-state index contributed by atoms with van der Waals surface area (Å²) < 4.78 is 0. The molecule has 0 bridgehead atoms. The summed E-state index contributed by atoms with van der Waals surface area (Å²) in [7, 11) is 0. The quantitative estimate of drug-likeness (QED) is 0.725. The first-order valence-corrected chi connectivity index (χ1v) is 8.75. The molecule has 3 heteroatoms.